The van der Waals surface area contributed by atoms with E-state index in [1.54, 1.807) is 6.20 Å². The Kier molecular flexibility index (Phi) is 2.71. The highest BCUT2D eigenvalue weighted by atomic mass is 16.2. The first-order valence-electron chi connectivity index (χ1n) is 7.05. The van der Waals surface area contributed by atoms with Crippen molar-refractivity contribution in [3.8, 4) is 0 Å². The van der Waals surface area contributed by atoms with Crippen LogP contribution in [0.25, 0.3) is 10.9 Å². The monoisotopic (exact) mass is 274 g/mol. The highest BCUT2D eigenvalue weighted by Gasteiger charge is 2.29. The molecule has 0 saturated heterocycles. The zero-order valence-electron chi connectivity index (χ0n) is 11.4. The van der Waals surface area contributed by atoms with Crippen LogP contribution in [0.1, 0.15) is 17.0 Å². The van der Waals surface area contributed by atoms with Gasteiger partial charge in [-0.3, -0.25) is 9.78 Å². The average Bonchev–Trinajstić information content (AvgIpc) is 2.83. The molecule has 1 atom stereocenters. The van der Waals surface area contributed by atoms with Crippen molar-refractivity contribution in [3.63, 3.8) is 0 Å². The molecule has 0 bridgehead atoms. The first-order valence-corrected chi connectivity index (χ1v) is 7.05. The number of fused-ring (bicyclic) bond motifs is 2. The Balaban J connectivity index is 1.70. The van der Waals surface area contributed by atoms with Gasteiger partial charge in [0, 0.05) is 17.3 Å². The molecule has 3 heteroatoms. The number of hydrogen-bond donors (Lipinski definition) is 1. The van der Waals surface area contributed by atoms with Gasteiger partial charge < -0.3 is 5.32 Å². The van der Waals surface area contributed by atoms with Gasteiger partial charge in [0.15, 0.2) is 0 Å². The van der Waals surface area contributed by atoms with Gasteiger partial charge in [0.1, 0.15) is 0 Å². The van der Waals surface area contributed by atoms with E-state index in [2.05, 4.69) is 28.5 Å². The lowest BCUT2D eigenvalue weighted by molar-refractivity contribution is -0.117. The number of hydrogen-bond acceptors (Lipinski definition) is 2. The molecule has 21 heavy (non-hydrogen) atoms. The Bertz CT molecular complexity index is 841. The Labute approximate surface area is 122 Å². The smallest absolute Gasteiger partial charge is 0.232 e. The highest BCUT2D eigenvalue weighted by molar-refractivity contribution is 6.03. The van der Waals surface area contributed by atoms with E-state index in [0.29, 0.717) is 6.42 Å². The summed E-state index contributed by atoms with van der Waals surface area (Å²) in [4.78, 5) is 16.5. The summed E-state index contributed by atoms with van der Waals surface area (Å²) in [5, 5.41) is 4.07. The molecule has 1 N–H and O–H groups in total. The maximum atomic E-state index is 12.2. The second-order valence-corrected chi connectivity index (χ2v) is 5.36. The number of carbonyl (C=O) groups excluding carboxylic acids is 1. The number of nitrogens with one attached hydrogen (secondary N) is 1. The molecule has 1 aliphatic rings. The molecule has 4 rings (SSSR count). The number of nitrogens with zero attached hydrogens (tertiary/aromatic N) is 1. The summed E-state index contributed by atoms with van der Waals surface area (Å²) in [6.07, 6.45) is 2.51. The summed E-state index contributed by atoms with van der Waals surface area (Å²) in [5.74, 6) is -0.0159. The first kappa shape index (κ1) is 12.1. The van der Waals surface area contributed by atoms with Crippen LogP contribution in [0.4, 0.5) is 5.69 Å². The first-order chi connectivity index (χ1) is 10.3. The van der Waals surface area contributed by atoms with Crippen molar-refractivity contribution in [3.05, 3.63) is 71.9 Å². The van der Waals surface area contributed by atoms with E-state index >= 15 is 0 Å². The van der Waals surface area contributed by atoms with Gasteiger partial charge in [-0.2, -0.15) is 0 Å². The normalized spacial score (nSPS) is 16.8. The fourth-order valence-electron chi connectivity index (χ4n) is 2.97. The van der Waals surface area contributed by atoms with Crippen molar-refractivity contribution in [1.29, 1.82) is 0 Å². The van der Waals surface area contributed by atoms with Crippen molar-refractivity contribution >= 4 is 22.5 Å². The molecule has 0 spiro atoms. The van der Waals surface area contributed by atoms with Crippen LogP contribution in [0, 0.1) is 0 Å². The fourth-order valence-corrected chi connectivity index (χ4v) is 2.97. The Hall–Kier alpha value is -2.68. The standard InChI is InChI=1S/C18H14N2O/c21-18-15(14-5-1-2-6-17(14)20-18)11-12-7-8-16-13(10-12)4-3-9-19-16/h1-10,15H,11H2,(H,20,21)/t15-/m0/s1. The van der Waals surface area contributed by atoms with Crippen LogP contribution in [0.3, 0.4) is 0 Å². The number of para-hydroxylation sites is 1. The predicted molar refractivity (Wildman–Crippen MR) is 83.3 cm³/mol. The van der Waals surface area contributed by atoms with Crippen molar-refractivity contribution in [2.75, 3.05) is 5.32 Å². The van der Waals surface area contributed by atoms with E-state index in [1.165, 1.54) is 0 Å². The van der Waals surface area contributed by atoms with Crippen molar-refractivity contribution in [1.82, 2.24) is 4.98 Å². The van der Waals surface area contributed by atoms with E-state index in [0.717, 1.165) is 27.7 Å². The fraction of sp³-hybridized carbons (Fsp3) is 0.111. The van der Waals surface area contributed by atoms with Crippen LogP contribution < -0.4 is 5.32 Å². The van der Waals surface area contributed by atoms with E-state index < -0.39 is 0 Å². The molecular weight excluding hydrogens is 260 g/mol. The molecule has 0 fully saturated rings. The minimum atomic E-state index is -0.102. The van der Waals surface area contributed by atoms with E-state index in [-0.39, 0.29) is 11.8 Å². The molecule has 0 unspecified atom stereocenters. The van der Waals surface area contributed by atoms with Crippen LogP contribution in [0.2, 0.25) is 0 Å². The maximum Gasteiger partial charge on any atom is 0.232 e. The van der Waals surface area contributed by atoms with Gasteiger partial charge in [-0.15, -0.1) is 0 Å². The molecule has 102 valence electrons. The molecule has 3 nitrogen and oxygen atoms in total. The summed E-state index contributed by atoms with van der Waals surface area (Å²) in [6.45, 7) is 0. The van der Waals surface area contributed by atoms with Gasteiger partial charge in [0.2, 0.25) is 5.91 Å². The molecule has 3 aromatic rings. The van der Waals surface area contributed by atoms with Crippen molar-refractivity contribution < 1.29 is 4.79 Å². The third-order valence-electron chi connectivity index (χ3n) is 4.02. The number of carbonyl (C=O) groups is 1. The average molecular weight is 274 g/mol. The van der Waals surface area contributed by atoms with Crippen molar-refractivity contribution in [2.45, 2.75) is 12.3 Å². The van der Waals surface area contributed by atoms with Gasteiger partial charge >= 0.3 is 0 Å². The van der Waals surface area contributed by atoms with Crippen LogP contribution in [0.5, 0.6) is 0 Å². The molecule has 0 saturated carbocycles. The SMILES string of the molecule is O=C1Nc2ccccc2[C@@H]1Cc1ccc2ncccc2c1. The Morgan fingerprint density at radius 3 is 2.90 bits per heavy atom. The maximum absolute atomic E-state index is 12.2. The number of pyridine rings is 1. The summed E-state index contributed by atoms with van der Waals surface area (Å²) < 4.78 is 0. The summed E-state index contributed by atoms with van der Waals surface area (Å²) in [6, 6.07) is 18.1. The topological polar surface area (TPSA) is 42.0 Å². The van der Waals surface area contributed by atoms with E-state index in [1.807, 2.05) is 36.4 Å². The van der Waals surface area contributed by atoms with Gasteiger partial charge in [0.05, 0.1) is 11.4 Å². The molecular formula is C18H14N2O. The quantitative estimate of drug-likeness (QED) is 0.777. The van der Waals surface area contributed by atoms with Gasteiger partial charge in [0.25, 0.3) is 0 Å². The lowest BCUT2D eigenvalue weighted by Crippen LogP contribution is -2.14. The molecule has 0 radical (unpaired) electrons. The molecule has 1 aliphatic heterocycles. The predicted octanol–water partition coefficient (Wildman–Crippen LogP) is 3.51. The lowest BCUT2D eigenvalue weighted by Gasteiger charge is -2.09. The molecule has 2 aromatic carbocycles. The highest BCUT2D eigenvalue weighted by Crippen LogP contribution is 2.34. The third-order valence-corrected chi connectivity index (χ3v) is 4.02. The molecule has 1 amide bonds. The summed E-state index contributed by atoms with van der Waals surface area (Å²) in [5.41, 5.74) is 4.17. The zero-order chi connectivity index (χ0) is 14.2. The number of anilines is 1. The summed E-state index contributed by atoms with van der Waals surface area (Å²) >= 11 is 0. The number of rotatable bonds is 2. The Morgan fingerprint density at radius 2 is 1.95 bits per heavy atom. The van der Waals surface area contributed by atoms with Crippen LogP contribution in [0.15, 0.2) is 60.8 Å². The van der Waals surface area contributed by atoms with Gasteiger partial charge in [-0.25, -0.2) is 0 Å². The number of amides is 1. The van der Waals surface area contributed by atoms with Crippen molar-refractivity contribution in [2.24, 2.45) is 0 Å². The van der Waals surface area contributed by atoms with Gasteiger partial charge in [-0.1, -0.05) is 30.3 Å². The van der Waals surface area contributed by atoms with Gasteiger partial charge in [-0.05, 0) is 41.8 Å². The molecule has 2 heterocycles. The second-order valence-electron chi connectivity index (χ2n) is 5.36. The zero-order valence-corrected chi connectivity index (χ0v) is 11.4. The Morgan fingerprint density at radius 1 is 1.05 bits per heavy atom. The summed E-state index contributed by atoms with van der Waals surface area (Å²) in [7, 11) is 0. The van der Waals surface area contributed by atoms with E-state index in [9.17, 15) is 4.79 Å². The minimum absolute atomic E-state index is 0.0856. The van der Waals surface area contributed by atoms with E-state index in [4.69, 9.17) is 0 Å². The number of aromatic nitrogens is 1. The lowest BCUT2D eigenvalue weighted by atomic mass is 9.93. The second kappa shape index (κ2) is 4.70. The van der Waals surface area contributed by atoms with Crippen LogP contribution in [-0.2, 0) is 11.2 Å². The molecule has 0 aliphatic carbocycles. The minimum Gasteiger partial charge on any atom is -0.325 e. The third kappa shape index (κ3) is 2.07. The van der Waals surface area contributed by atoms with Crippen LogP contribution in [-0.4, -0.2) is 10.9 Å². The largest absolute Gasteiger partial charge is 0.325 e. The molecule has 1 aromatic heterocycles. The number of benzene rings is 2. The van der Waals surface area contributed by atoms with Crippen LogP contribution >= 0.6 is 0 Å².